The van der Waals surface area contributed by atoms with Gasteiger partial charge in [-0.3, -0.25) is 4.79 Å². The van der Waals surface area contributed by atoms with Crippen molar-refractivity contribution in [2.75, 3.05) is 27.1 Å². The molecule has 25 heavy (non-hydrogen) atoms. The second-order valence-electron chi connectivity index (χ2n) is 5.95. The van der Waals surface area contributed by atoms with Gasteiger partial charge in [-0.25, -0.2) is 4.98 Å². The van der Waals surface area contributed by atoms with Crippen LogP contribution in [0, 0.1) is 0 Å². The molecule has 1 aromatic carbocycles. The number of fused-ring (bicyclic) bond motifs is 1. The van der Waals surface area contributed by atoms with Crippen molar-refractivity contribution >= 4 is 5.91 Å². The minimum Gasteiger partial charge on any atom is -0.454 e. The molecule has 0 saturated heterocycles. The predicted octanol–water partition coefficient (Wildman–Crippen LogP) is 1.76. The van der Waals surface area contributed by atoms with Crippen LogP contribution in [0.1, 0.15) is 17.8 Å². The number of nitrogens with zero attached hydrogens (tertiary/aromatic N) is 3. The Morgan fingerprint density at radius 3 is 2.96 bits per heavy atom. The molecule has 1 aromatic heterocycles. The Balaban J connectivity index is 1.64. The Bertz CT molecular complexity index is 729. The number of benzene rings is 1. The second-order valence-corrected chi connectivity index (χ2v) is 5.95. The highest BCUT2D eigenvalue weighted by Gasteiger charge is 2.18. The van der Waals surface area contributed by atoms with E-state index < -0.39 is 0 Å². The third kappa shape index (κ3) is 4.30. The van der Waals surface area contributed by atoms with Gasteiger partial charge in [-0.15, -0.1) is 0 Å². The van der Waals surface area contributed by atoms with Crippen molar-refractivity contribution in [3.05, 3.63) is 42.0 Å². The van der Waals surface area contributed by atoms with Crippen LogP contribution in [-0.2, 0) is 29.5 Å². The molecule has 2 aromatic rings. The Kier molecular flexibility index (Phi) is 5.55. The summed E-state index contributed by atoms with van der Waals surface area (Å²) in [4.78, 5) is 18.8. The Morgan fingerprint density at radius 1 is 1.36 bits per heavy atom. The van der Waals surface area contributed by atoms with Crippen LogP contribution >= 0.6 is 0 Å². The summed E-state index contributed by atoms with van der Waals surface area (Å²) in [6, 6.07) is 5.76. The molecule has 7 heteroatoms. The molecule has 0 aliphatic carbocycles. The number of hydrogen-bond donors (Lipinski definition) is 0. The Labute approximate surface area is 147 Å². The molecule has 1 amide bonds. The van der Waals surface area contributed by atoms with Crippen LogP contribution in [0.2, 0.25) is 0 Å². The van der Waals surface area contributed by atoms with E-state index >= 15 is 0 Å². The number of imidazole rings is 1. The zero-order valence-electron chi connectivity index (χ0n) is 14.6. The quantitative estimate of drug-likeness (QED) is 0.729. The number of carbonyl (C=O) groups is 1. The minimum absolute atomic E-state index is 0.0812. The number of carbonyl (C=O) groups excluding carboxylic acids is 1. The average molecular weight is 345 g/mol. The van der Waals surface area contributed by atoms with Crippen LogP contribution in [0.3, 0.4) is 0 Å². The first-order valence-corrected chi connectivity index (χ1v) is 8.29. The first-order valence-electron chi connectivity index (χ1n) is 8.29. The van der Waals surface area contributed by atoms with E-state index in [1.165, 1.54) is 0 Å². The highest BCUT2D eigenvalue weighted by Crippen LogP contribution is 2.32. The first-order chi connectivity index (χ1) is 12.2. The fourth-order valence-electron chi connectivity index (χ4n) is 2.77. The number of aryl methyl sites for hydroxylation is 2. The van der Waals surface area contributed by atoms with Gasteiger partial charge >= 0.3 is 0 Å². The van der Waals surface area contributed by atoms with E-state index in [4.69, 9.17) is 14.2 Å². The van der Waals surface area contributed by atoms with Crippen LogP contribution in [0.5, 0.6) is 11.5 Å². The fourth-order valence-corrected chi connectivity index (χ4v) is 2.77. The summed E-state index contributed by atoms with van der Waals surface area (Å²) < 4.78 is 17.8. The van der Waals surface area contributed by atoms with Gasteiger partial charge in [-0.1, -0.05) is 6.07 Å². The number of aromatic nitrogens is 2. The van der Waals surface area contributed by atoms with Crippen LogP contribution < -0.4 is 9.47 Å². The van der Waals surface area contributed by atoms with Gasteiger partial charge in [0, 0.05) is 52.5 Å². The molecule has 7 nitrogen and oxygen atoms in total. The summed E-state index contributed by atoms with van der Waals surface area (Å²) in [7, 11) is 3.57. The largest absolute Gasteiger partial charge is 0.454 e. The SMILES string of the molecule is COCCN(Cc1ccc2c(c1)OCO2)C(=O)CCc1nccn1C. The molecule has 1 aliphatic heterocycles. The van der Waals surface area contributed by atoms with Crippen molar-refractivity contribution in [3.8, 4) is 11.5 Å². The maximum absolute atomic E-state index is 12.7. The van der Waals surface area contributed by atoms with Gasteiger partial charge in [0.2, 0.25) is 12.7 Å². The van der Waals surface area contributed by atoms with Gasteiger partial charge in [-0.05, 0) is 17.7 Å². The normalized spacial score (nSPS) is 12.4. The van der Waals surface area contributed by atoms with E-state index in [2.05, 4.69) is 4.98 Å². The Morgan fingerprint density at radius 2 is 2.20 bits per heavy atom. The number of amides is 1. The minimum atomic E-state index is 0.0812. The lowest BCUT2D eigenvalue weighted by atomic mass is 10.1. The molecular formula is C18H23N3O4. The molecule has 0 saturated carbocycles. The van der Waals surface area contributed by atoms with E-state index in [-0.39, 0.29) is 12.7 Å². The van der Waals surface area contributed by atoms with Crippen LogP contribution in [0.4, 0.5) is 0 Å². The van der Waals surface area contributed by atoms with Crippen molar-refractivity contribution in [2.45, 2.75) is 19.4 Å². The second kappa shape index (κ2) is 8.02. The van der Waals surface area contributed by atoms with Crippen molar-refractivity contribution < 1.29 is 19.0 Å². The number of ether oxygens (including phenoxy) is 3. The highest BCUT2D eigenvalue weighted by molar-refractivity contribution is 5.76. The van der Waals surface area contributed by atoms with Gasteiger partial charge in [0.25, 0.3) is 0 Å². The monoisotopic (exact) mass is 345 g/mol. The molecule has 0 bridgehead atoms. The van der Waals surface area contributed by atoms with Crippen molar-refractivity contribution in [2.24, 2.45) is 7.05 Å². The van der Waals surface area contributed by atoms with Gasteiger partial charge in [0.15, 0.2) is 11.5 Å². The number of hydrogen-bond acceptors (Lipinski definition) is 5. The van der Waals surface area contributed by atoms with Crippen molar-refractivity contribution in [1.29, 1.82) is 0 Å². The summed E-state index contributed by atoms with van der Waals surface area (Å²) in [5, 5.41) is 0. The molecule has 3 rings (SSSR count). The van der Waals surface area contributed by atoms with Crippen molar-refractivity contribution in [3.63, 3.8) is 0 Å². The molecule has 0 N–H and O–H groups in total. The topological polar surface area (TPSA) is 65.8 Å². The highest BCUT2D eigenvalue weighted by atomic mass is 16.7. The summed E-state index contributed by atoms with van der Waals surface area (Å²) in [5.41, 5.74) is 1.01. The molecule has 0 unspecified atom stereocenters. The van der Waals surface area contributed by atoms with Crippen molar-refractivity contribution in [1.82, 2.24) is 14.5 Å². The molecule has 1 aliphatic rings. The smallest absolute Gasteiger partial charge is 0.231 e. The van der Waals surface area contributed by atoms with E-state index in [1.54, 1.807) is 13.3 Å². The maximum atomic E-state index is 12.7. The molecule has 2 heterocycles. The number of rotatable bonds is 8. The summed E-state index contributed by atoms with van der Waals surface area (Å²) >= 11 is 0. The zero-order valence-corrected chi connectivity index (χ0v) is 14.6. The molecule has 0 radical (unpaired) electrons. The number of methoxy groups -OCH3 is 1. The van der Waals surface area contributed by atoms with Gasteiger partial charge in [0.05, 0.1) is 6.61 Å². The molecule has 0 fully saturated rings. The van der Waals surface area contributed by atoms with Gasteiger partial charge in [0.1, 0.15) is 5.82 Å². The maximum Gasteiger partial charge on any atom is 0.231 e. The van der Waals surface area contributed by atoms with Crippen LogP contribution in [-0.4, -0.2) is 47.4 Å². The molecule has 0 atom stereocenters. The lowest BCUT2D eigenvalue weighted by Crippen LogP contribution is -2.33. The van der Waals surface area contributed by atoms with Gasteiger partial charge in [-0.2, -0.15) is 0 Å². The average Bonchev–Trinajstić information content (AvgIpc) is 3.24. The summed E-state index contributed by atoms with van der Waals surface area (Å²) in [6.45, 7) is 1.80. The molecular weight excluding hydrogens is 322 g/mol. The predicted molar refractivity (Wildman–Crippen MR) is 91.4 cm³/mol. The van der Waals surface area contributed by atoms with Crippen LogP contribution in [0.15, 0.2) is 30.6 Å². The summed E-state index contributed by atoms with van der Waals surface area (Å²) in [6.07, 6.45) is 4.66. The molecule has 134 valence electrons. The van der Waals surface area contributed by atoms with E-state index in [0.29, 0.717) is 32.5 Å². The first kappa shape index (κ1) is 17.3. The third-order valence-electron chi connectivity index (χ3n) is 4.21. The molecule has 0 spiro atoms. The third-order valence-corrected chi connectivity index (χ3v) is 4.21. The Hall–Kier alpha value is -2.54. The zero-order chi connectivity index (χ0) is 17.6. The lowest BCUT2D eigenvalue weighted by molar-refractivity contribution is -0.132. The van der Waals surface area contributed by atoms with E-state index in [1.807, 2.05) is 40.9 Å². The van der Waals surface area contributed by atoms with Crippen LogP contribution in [0.25, 0.3) is 0 Å². The lowest BCUT2D eigenvalue weighted by Gasteiger charge is -2.22. The summed E-state index contributed by atoms with van der Waals surface area (Å²) in [5.74, 6) is 2.46. The van der Waals surface area contributed by atoms with E-state index in [0.717, 1.165) is 22.9 Å². The van der Waals surface area contributed by atoms with E-state index in [9.17, 15) is 4.79 Å². The standard InChI is InChI=1S/C18H23N3O4/c1-20-8-7-19-17(20)5-6-18(22)21(9-10-23-2)12-14-3-4-15-16(11-14)25-13-24-15/h3-4,7-8,11H,5-6,9-10,12-13H2,1-2H3. The van der Waals surface area contributed by atoms with Gasteiger partial charge < -0.3 is 23.7 Å². The fraction of sp³-hybridized carbons (Fsp3) is 0.444.